The maximum absolute atomic E-state index is 14.1. The number of nitrogens with two attached hydrogens (primary N) is 1. The van der Waals surface area contributed by atoms with Gasteiger partial charge in [0.25, 0.3) is 0 Å². The molecule has 0 bridgehead atoms. The molecule has 4 heteroatoms. The molecule has 2 atom stereocenters. The Balaban J connectivity index is 0.00000288. The molecular formula is C20H33ClFNO. The zero-order chi connectivity index (χ0) is 16.9. The summed E-state index contributed by atoms with van der Waals surface area (Å²) < 4.78 is 14.1. The average Bonchev–Trinajstić information content (AvgIpc) is 2.50. The highest BCUT2D eigenvalue weighted by atomic mass is 35.5. The van der Waals surface area contributed by atoms with Crippen LogP contribution in [0.25, 0.3) is 0 Å². The van der Waals surface area contributed by atoms with E-state index in [0.717, 1.165) is 51.4 Å². The number of halogens is 2. The highest BCUT2D eigenvalue weighted by Crippen LogP contribution is 2.44. The summed E-state index contributed by atoms with van der Waals surface area (Å²) in [4.78, 5) is 0. The Hall–Kier alpha value is -0.640. The second-order valence-electron chi connectivity index (χ2n) is 7.40. The van der Waals surface area contributed by atoms with Gasteiger partial charge >= 0.3 is 0 Å². The second-order valence-corrected chi connectivity index (χ2v) is 7.40. The average molecular weight is 358 g/mol. The van der Waals surface area contributed by atoms with Crippen LogP contribution in [0.3, 0.4) is 0 Å². The third-order valence-electron chi connectivity index (χ3n) is 5.58. The standard InChI is InChI=1S/C20H32FNO.ClH/c1-3-12-19(22,13-4-2)18-11-7-8-14-20(18,23)15-16-9-5-6-10-17(16)21;/h5-6,9-10,18,23H,3-4,7-8,11-15,22H2,1-2H3;1H/t18-,20+;/m0./s1. The minimum Gasteiger partial charge on any atom is -0.389 e. The quantitative estimate of drug-likeness (QED) is 0.720. The van der Waals surface area contributed by atoms with Gasteiger partial charge in [0.1, 0.15) is 5.82 Å². The SMILES string of the molecule is CCCC(N)(CCC)[C@@H]1CCCC[C@@]1(O)Cc1ccccc1F.Cl. The predicted molar refractivity (Wildman–Crippen MR) is 101 cm³/mol. The van der Waals surface area contributed by atoms with Crippen molar-refractivity contribution in [1.82, 2.24) is 0 Å². The van der Waals surface area contributed by atoms with E-state index in [9.17, 15) is 9.50 Å². The Bertz CT molecular complexity index is 504. The molecule has 1 saturated carbocycles. The normalized spacial score (nSPS) is 24.5. The number of hydrogen-bond acceptors (Lipinski definition) is 2. The fourth-order valence-corrected chi connectivity index (χ4v) is 4.63. The lowest BCUT2D eigenvalue weighted by atomic mass is 9.61. The van der Waals surface area contributed by atoms with Gasteiger partial charge in [0, 0.05) is 17.9 Å². The van der Waals surface area contributed by atoms with Gasteiger partial charge in [-0.3, -0.25) is 0 Å². The summed E-state index contributed by atoms with van der Waals surface area (Å²) in [5.74, 6) is -0.179. The molecule has 0 unspecified atom stereocenters. The molecule has 2 rings (SSSR count). The maximum Gasteiger partial charge on any atom is 0.126 e. The fourth-order valence-electron chi connectivity index (χ4n) is 4.63. The zero-order valence-electron chi connectivity index (χ0n) is 15.1. The van der Waals surface area contributed by atoms with E-state index < -0.39 is 5.60 Å². The second kappa shape index (κ2) is 9.17. The van der Waals surface area contributed by atoms with Crippen molar-refractivity contribution in [2.75, 3.05) is 0 Å². The molecule has 1 aliphatic carbocycles. The van der Waals surface area contributed by atoms with Crippen molar-refractivity contribution in [1.29, 1.82) is 0 Å². The molecule has 1 aromatic carbocycles. The minimum absolute atomic E-state index is 0. The van der Waals surface area contributed by atoms with Gasteiger partial charge in [-0.15, -0.1) is 12.4 Å². The molecule has 0 spiro atoms. The number of hydrogen-bond donors (Lipinski definition) is 2. The summed E-state index contributed by atoms with van der Waals surface area (Å²) in [7, 11) is 0. The van der Waals surface area contributed by atoms with E-state index in [0.29, 0.717) is 12.0 Å². The highest BCUT2D eigenvalue weighted by Gasteiger charge is 2.48. The lowest BCUT2D eigenvalue weighted by Gasteiger charge is -2.50. The molecule has 3 N–H and O–H groups in total. The van der Waals surface area contributed by atoms with Crippen LogP contribution in [-0.4, -0.2) is 16.2 Å². The topological polar surface area (TPSA) is 46.2 Å². The molecule has 0 aliphatic heterocycles. The highest BCUT2D eigenvalue weighted by molar-refractivity contribution is 5.85. The van der Waals surface area contributed by atoms with Crippen molar-refractivity contribution < 1.29 is 9.50 Å². The van der Waals surface area contributed by atoms with Crippen LogP contribution < -0.4 is 5.73 Å². The number of aliphatic hydroxyl groups is 1. The fraction of sp³-hybridized carbons (Fsp3) is 0.700. The summed E-state index contributed by atoms with van der Waals surface area (Å²) in [6.07, 6.45) is 8.02. The Morgan fingerprint density at radius 3 is 2.42 bits per heavy atom. The Labute approximate surface area is 152 Å². The summed E-state index contributed by atoms with van der Waals surface area (Å²) in [5, 5.41) is 11.5. The van der Waals surface area contributed by atoms with Crippen LogP contribution in [-0.2, 0) is 6.42 Å². The molecule has 0 saturated heterocycles. The molecule has 0 amide bonds. The minimum atomic E-state index is -0.889. The van der Waals surface area contributed by atoms with Gasteiger partial charge in [-0.25, -0.2) is 4.39 Å². The Morgan fingerprint density at radius 1 is 1.21 bits per heavy atom. The first kappa shape index (κ1) is 21.4. The summed E-state index contributed by atoms with van der Waals surface area (Å²) in [6.45, 7) is 4.30. The molecule has 0 heterocycles. The van der Waals surface area contributed by atoms with Gasteiger partial charge < -0.3 is 10.8 Å². The van der Waals surface area contributed by atoms with Gasteiger partial charge in [-0.2, -0.15) is 0 Å². The van der Waals surface area contributed by atoms with E-state index in [2.05, 4.69) is 13.8 Å². The summed E-state index contributed by atoms with van der Waals surface area (Å²) >= 11 is 0. The summed E-state index contributed by atoms with van der Waals surface area (Å²) in [5.41, 5.74) is 6.18. The number of benzene rings is 1. The van der Waals surface area contributed by atoms with Gasteiger partial charge in [-0.05, 0) is 37.3 Å². The molecule has 24 heavy (non-hydrogen) atoms. The van der Waals surface area contributed by atoms with Crippen molar-refractivity contribution in [2.45, 2.75) is 82.8 Å². The van der Waals surface area contributed by atoms with Gasteiger partial charge in [-0.1, -0.05) is 57.7 Å². The molecule has 2 nitrogen and oxygen atoms in total. The third kappa shape index (κ3) is 4.71. The molecular weight excluding hydrogens is 325 g/mol. The molecule has 1 aliphatic rings. The smallest absolute Gasteiger partial charge is 0.126 e. The van der Waals surface area contributed by atoms with E-state index >= 15 is 0 Å². The van der Waals surface area contributed by atoms with Crippen molar-refractivity contribution in [3.05, 3.63) is 35.6 Å². The summed E-state index contributed by atoms with van der Waals surface area (Å²) in [6, 6.07) is 6.80. The van der Waals surface area contributed by atoms with Crippen LogP contribution >= 0.6 is 12.4 Å². The molecule has 0 radical (unpaired) electrons. The van der Waals surface area contributed by atoms with Gasteiger partial charge in [0.15, 0.2) is 0 Å². The van der Waals surface area contributed by atoms with Gasteiger partial charge in [0.2, 0.25) is 0 Å². The van der Waals surface area contributed by atoms with Crippen molar-refractivity contribution in [2.24, 2.45) is 11.7 Å². The van der Waals surface area contributed by atoms with Crippen LogP contribution in [0, 0.1) is 11.7 Å². The van der Waals surface area contributed by atoms with Crippen LogP contribution in [0.2, 0.25) is 0 Å². The monoisotopic (exact) mass is 357 g/mol. The molecule has 1 aromatic rings. The van der Waals surface area contributed by atoms with Crippen molar-refractivity contribution in [3.63, 3.8) is 0 Å². The number of rotatable bonds is 7. The van der Waals surface area contributed by atoms with E-state index in [1.54, 1.807) is 12.1 Å². The van der Waals surface area contributed by atoms with Gasteiger partial charge in [0.05, 0.1) is 5.60 Å². The largest absolute Gasteiger partial charge is 0.389 e. The van der Waals surface area contributed by atoms with Crippen LogP contribution in [0.15, 0.2) is 24.3 Å². The lowest BCUT2D eigenvalue weighted by Crippen LogP contribution is -2.59. The Morgan fingerprint density at radius 2 is 1.83 bits per heavy atom. The van der Waals surface area contributed by atoms with Crippen LogP contribution in [0.1, 0.15) is 70.8 Å². The van der Waals surface area contributed by atoms with Crippen LogP contribution in [0.4, 0.5) is 4.39 Å². The van der Waals surface area contributed by atoms with Crippen molar-refractivity contribution >= 4 is 12.4 Å². The third-order valence-corrected chi connectivity index (χ3v) is 5.58. The first-order valence-electron chi connectivity index (χ1n) is 9.20. The molecule has 1 fully saturated rings. The molecule has 0 aromatic heterocycles. The first-order chi connectivity index (χ1) is 10.9. The van der Waals surface area contributed by atoms with E-state index in [-0.39, 0.29) is 29.7 Å². The van der Waals surface area contributed by atoms with E-state index in [1.165, 1.54) is 6.07 Å². The lowest BCUT2D eigenvalue weighted by molar-refractivity contribution is -0.0823. The van der Waals surface area contributed by atoms with Crippen molar-refractivity contribution in [3.8, 4) is 0 Å². The Kier molecular flexibility index (Phi) is 8.17. The molecule has 138 valence electrons. The van der Waals surface area contributed by atoms with E-state index in [1.807, 2.05) is 6.07 Å². The maximum atomic E-state index is 14.1. The van der Waals surface area contributed by atoms with Crippen LogP contribution in [0.5, 0.6) is 0 Å². The zero-order valence-corrected chi connectivity index (χ0v) is 15.9. The predicted octanol–water partition coefficient (Wildman–Crippen LogP) is 5.01. The van der Waals surface area contributed by atoms with E-state index in [4.69, 9.17) is 5.73 Å². The first-order valence-corrected chi connectivity index (χ1v) is 9.20.